The van der Waals surface area contributed by atoms with Gasteiger partial charge in [-0.1, -0.05) is 50.8 Å². The monoisotopic (exact) mass is 303 g/mol. The first kappa shape index (κ1) is 16.6. The molecule has 1 fully saturated rings. The van der Waals surface area contributed by atoms with Crippen LogP contribution in [0, 0.1) is 5.41 Å². The van der Waals surface area contributed by atoms with Crippen molar-refractivity contribution in [3.8, 4) is 0 Å². The molecule has 0 saturated carbocycles. The van der Waals surface area contributed by atoms with E-state index in [4.69, 9.17) is 12.2 Å². The molecular formula is C13H21NO3S2. The Bertz CT molecular complexity index is 401. The van der Waals surface area contributed by atoms with E-state index in [1.54, 1.807) is 0 Å². The number of carbonyl (C=O) groups is 1. The molecule has 1 saturated heterocycles. The van der Waals surface area contributed by atoms with Gasteiger partial charge >= 0.3 is 0 Å². The molecule has 1 aliphatic rings. The summed E-state index contributed by atoms with van der Waals surface area (Å²) >= 11 is 6.63. The zero-order valence-electron chi connectivity index (χ0n) is 11.7. The molecule has 2 N–H and O–H groups in total. The Balaban J connectivity index is 3.09. The molecule has 4 nitrogen and oxygen atoms in total. The van der Waals surface area contributed by atoms with Gasteiger partial charge in [0.05, 0.1) is 6.04 Å². The maximum Gasteiger partial charge on any atom is 0.263 e. The van der Waals surface area contributed by atoms with Gasteiger partial charge in [0.25, 0.3) is 5.91 Å². The Morgan fingerprint density at radius 2 is 2.11 bits per heavy atom. The average Bonchev–Trinajstić information content (AvgIpc) is 2.68. The van der Waals surface area contributed by atoms with Crippen molar-refractivity contribution in [2.45, 2.75) is 45.4 Å². The molecule has 0 bridgehead atoms. The molecule has 0 spiro atoms. The van der Waals surface area contributed by atoms with Crippen LogP contribution in [0.2, 0.25) is 0 Å². The van der Waals surface area contributed by atoms with Crippen LogP contribution >= 0.6 is 24.0 Å². The van der Waals surface area contributed by atoms with Crippen LogP contribution in [0.5, 0.6) is 0 Å². The normalized spacial score (nSPS) is 25.1. The maximum atomic E-state index is 12.5. The van der Waals surface area contributed by atoms with E-state index in [0.717, 1.165) is 6.08 Å². The van der Waals surface area contributed by atoms with E-state index in [0.29, 0.717) is 10.1 Å². The summed E-state index contributed by atoms with van der Waals surface area (Å²) in [6.45, 7) is 10.7. The van der Waals surface area contributed by atoms with Crippen LogP contribution < -0.4 is 0 Å². The summed E-state index contributed by atoms with van der Waals surface area (Å²) < 4.78 is 0.446. The number of aliphatic hydroxyl groups excluding tert-OH is 1. The van der Waals surface area contributed by atoms with Crippen LogP contribution in [0.3, 0.4) is 0 Å². The van der Waals surface area contributed by atoms with Gasteiger partial charge in [0, 0.05) is 5.75 Å². The first-order valence-electron chi connectivity index (χ1n) is 6.07. The van der Waals surface area contributed by atoms with E-state index in [2.05, 4.69) is 6.58 Å². The van der Waals surface area contributed by atoms with Gasteiger partial charge < -0.3 is 10.2 Å². The third-order valence-corrected chi connectivity index (χ3v) is 4.80. The van der Waals surface area contributed by atoms with Gasteiger partial charge in [-0.05, 0) is 12.3 Å². The highest BCUT2D eigenvalue weighted by atomic mass is 32.2. The van der Waals surface area contributed by atoms with E-state index in [-0.39, 0.29) is 11.5 Å². The highest BCUT2D eigenvalue weighted by Gasteiger charge is 2.48. The molecular weight excluding hydrogens is 282 g/mol. The number of carbonyl (C=O) groups excluding carboxylic acids is 1. The molecule has 0 radical (unpaired) electrons. The van der Waals surface area contributed by atoms with Crippen LogP contribution in [0.1, 0.15) is 27.7 Å². The Labute approximate surface area is 123 Å². The van der Waals surface area contributed by atoms with Gasteiger partial charge in [-0.2, -0.15) is 0 Å². The Hall–Kier alpha value is -0.430. The zero-order valence-corrected chi connectivity index (χ0v) is 13.3. The van der Waals surface area contributed by atoms with E-state index < -0.39 is 17.6 Å². The Morgan fingerprint density at radius 1 is 1.58 bits per heavy atom. The van der Waals surface area contributed by atoms with E-state index in [1.165, 1.54) is 23.6 Å². The number of nitrogens with zero attached hydrogens (tertiary/aromatic N) is 1. The fourth-order valence-corrected chi connectivity index (χ4v) is 3.60. The lowest BCUT2D eigenvalue weighted by atomic mass is 9.85. The van der Waals surface area contributed by atoms with Gasteiger partial charge in [-0.15, -0.1) is 6.58 Å². The lowest BCUT2D eigenvalue weighted by molar-refractivity contribution is -0.156. The summed E-state index contributed by atoms with van der Waals surface area (Å²) in [6, 6.07) is -0.0963. The summed E-state index contributed by atoms with van der Waals surface area (Å²) in [6.07, 6.45) is -0.176. The van der Waals surface area contributed by atoms with Gasteiger partial charge in [0.1, 0.15) is 10.4 Å². The molecule has 3 atom stereocenters. The minimum Gasteiger partial charge on any atom is -0.385 e. The first-order chi connectivity index (χ1) is 8.53. The van der Waals surface area contributed by atoms with Gasteiger partial charge in [0.2, 0.25) is 0 Å². The van der Waals surface area contributed by atoms with Crippen molar-refractivity contribution in [3.05, 3.63) is 12.7 Å². The van der Waals surface area contributed by atoms with Crippen LogP contribution in [0.25, 0.3) is 0 Å². The summed E-state index contributed by atoms with van der Waals surface area (Å²) in [7, 11) is 0. The predicted octanol–water partition coefficient (Wildman–Crippen LogP) is 1.56. The van der Waals surface area contributed by atoms with E-state index >= 15 is 0 Å². The molecule has 0 aromatic rings. The number of rotatable bonds is 3. The third kappa shape index (κ3) is 3.18. The Kier molecular flexibility index (Phi) is 4.83. The second-order valence-electron chi connectivity index (χ2n) is 5.96. The highest BCUT2D eigenvalue weighted by Crippen LogP contribution is 2.37. The van der Waals surface area contributed by atoms with Crippen molar-refractivity contribution in [2.24, 2.45) is 5.41 Å². The molecule has 1 heterocycles. The maximum absolute atomic E-state index is 12.5. The van der Waals surface area contributed by atoms with Crippen molar-refractivity contribution < 1.29 is 15.0 Å². The summed E-state index contributed by atoms with van der Waals surface area (Å²) in [5.74, 6) is 0.128. The minimum atomic E-state index is -1.92. The standard InChI is InChI=1S/C13H21NO3S2/c1-6-9(15)13(5,17)10(16)14-8(12(2,3)4)7-19-11(14)18/h6,8-9,15,17H,1,7H2,2-5H3/t8-,9+,13?/m1/s1. The van der Waals surface area contributed by atoms with E-state index in [1.807, 2.05) is 20.8 Å². The quantitative estimate of drug-likeness (QED) is 0.612. The van der Waals surface area contributed by atoms with Crippen LogP contribution in [-0.4, -0.2) is 48.8 Å². The molecule has 6 heteroatoms. The van der Waals surface area contributed by atoms with Crippen LogP contribution in [0.15, 0.2) is 12.7 Å². The smallest absolute Gasteiger partial charge is 0.263 e. The van der Waals surface area contributed by atoms with Crippen LogP contribution in [-0.2, 0) is 4.79 Å². The Morgan fingerprint density at radius 3 is 2.53 bits per heavy atom. The molecule has 1 unspecified atom stereocenters. The number of thiocarbonyl (C=S) groups is 1. The molecule has 19 heavy (non-hydrogen) atoms. The molecule has 1 rings (SSSR count). The third-order valence-electron chi connectivity index (χ3n) is 3.32. The lowest BCUT2D eigenvalue weighted by Crippen LogP contribution is -2.58. The number of hydrogen-bond donors (Lipinski definition) is 2. The van der Waals surface area contributed by atoms with Gasteiger partial charge in [-0.25, -0.2) is 0 Å². The molecule has 108 valence electrons. The second-order valence-corrected chi connectivity index (χ2v) is 7.62. The summed E-state index contributed by atoms with van der Waals surface area (Å²) in [4.78, 5) is 13.9. The summed E-state index contributed by atoms with van der Waals surface area (Å²) in [5.41, 5.74) is -2.07. The predicted molar refractivity (Wildman–Crippen MR) is 82.0 cm³/mol. The topological polar surface area (TPSA) is 60.8 Å². The van der Waals surface area contributed by atoms with Gasteiger partial charge in [-0.3, -0.25) is 9.69 Å². The molecule has 1 aliphatic heterocycles. The molecule has 0 aromatic carbocycles. The number of hydrogen-bond acceptors (Lipinski definition) is 5. The van der Waals surface area contributed by atoms with Crippen molar-refractivity contribution >= 4 is 34.2 Å². The number of thioether (sulfide) groups is 1. The first-order valence-corrected chi connectivity index (χ1v) is 7.46. The fraction of sp³-hybridized carbons (Fsp3) is 0.692. The second kappa shape index (κ2) is 5.52. The fourth-order valence-electron chi connectivity index (χ4n) is 1.88. The van der Waals surface area contributed by atoms with Gasteiger partial charge in [0.15, 0.2) is 5.60 Å². The largest absolute Gasteiger partial charge is 0.385 e. The lowest BCUT2D eigenvalue weighted by Gasteiger charge is -2.38. The molecule has 0 aromatic heterocycles. The van der Waals surface area contributed by atoms with Crippen molar-refractivity contribution in [2.75, 3.05) is 5.75 Å². The number of amides is 1. The summed E-state index contributed by atoms with van der Waals surface area (Å²) in [5, 5.41) is 20.0. The SMILES string of the molecule is C=C[C@H](O)C(C)(O)C(=O)N1C(=S)SC[C@@H]1C(C)(C)C. The molecule has 1 amide bonds. The molecule has 0 aliphatic carbocycles. The number of aliphatic hydroxyl groups is 2. The minimum absolute atomic E-state index is 0.0963. The van der Waals surface area contributed by atoms with Crippen molar-refractivity contribution in [1.82, 2.24) is 4.90 Å². The average molecular weight is 303 g/mol. The van der Waals surface area contributed by atoms with Crippen molar-refractivity contribution in [3.63, 3.8) is 0 Å². The van der Waals surface area contributed by atoms with Crippen molar-refractivity contribution in [1.29, 1.82) is 0 Å². The van der Waals surface area contributed by atoms with Crippen LogP contribution in [0.4, 0.5) is 0 Å². The highest BCUT2D eigenvalue weighted by molar-refractivity contribution is 8.23. The van der Waals surface area contributed by atoms with E-state index in [9.17, 15) is 15.0 Å². The zero-order chi connectivity index (χ0) is 15.0.